The van der Waals surface area contributed by atoms with Crippen molar-refractivity contribution in [1.29, 1.82) is 0 Å². The van der Waals surface area contributed by atoms with Gasteiger partial charge in [0, 0.05) is 17.5 Å². The van der Waals surface area contributed by atoms with Gasteiger partial charge < -0.3 is 0 Å². The Morgan fingerprint density at radius 3 is 2.76 bits per heavy atom. The first-order chi connectivity index (χ1) is 8.29. The Morgan fingerprint density at radius 1 is 1.29 bits per heavy atom. The highest BCUT2D eigenvalue weighted by Crippen LogP contribution is 2.11. The van der Waals surface area contributed by atoms with Crippen LogP contribution >= 0.6 is 22.9 Å². The Morgan fingerprint density at radius 2 is 2.06 bits per heavy atom. The largest absolute Gasteiger partial charge is 0.281 e. The molecule has 0 aromatic carbocycles. The highest BCUT2D eigenvalue weighted by molar-refractivity contribution is 7.10. The smallest absolute Gasteiger partial charge is 0.221 e. The van der Waals surface area contributed by atoms with Crippen LogP contribution in [0.4, 0.5) is 0 Å². The van der Waals surface area contributed by atoms with Gasteiger partial charge in [0.1, 0.15) is 0 Å². The topological polar surface area (TPSA) is 30.0 Å². The number of nitrogens with zero attached hydrogens (tertiary/aromatic N) is 1. The molecule has 0 saturated heterocycles. The second-order valence-electron chi connectivity index (χ2n) is 3.97. The Bertz CT molecular complexity index is 335. The molecule has 1 aromatic heterocycles. The SMILES string of the molecule is O=C(Cl)CCCCCCCC=Cc1cncs1. The van der Waals surface area contributed by atoms with Crippen LogP contribution in [0.2, 0.25) is 0 Å². The summed E-state index contributed by atoms with van der Waals surface area (Å²) < 4.78 is 0. The monoisotopic (exact) mass is 271 g/mol. The lowest BCUT2D eigenvalue weighted by Crippen LogP contribution is -1.86. The molecule has 0 aliphatic rings. The van der Waals surface area contributed by atoms with Crippen LogP contribution in [0, 0.1) is 0 Å². The van der Waals surface area contributed by atoms with Crippen LogP contribution < -0.4 is 0 Å². The van der Waals surface area contributed by atoms with Gasteiger partial charge in [0.25, 0.3) is 0 Å². The number of carbonyl (C=O) groups is 1. The normalized spacial score (nSPS) is 11.1. The van der Waals surface area contributed by atoms with Gasteiger partial charge in [-0.2, -0.15) is 0 Å². The molecule has 0 atom stereocenters. The molecule has 0 radical (unpaired) electrons. The first kappa shape index (κ1) is 14.4. The molecule has 0 spiro atoms. The lowest BCUT2D eigenvalue weighted by atomic mass is 10.1. The molecule has 94 valence electrons. The zero-order chi connectivity index (χ0) is 12.3. The Kier molecular flexibility index (Phi) is 7.93. The van der Waals surface area contributed by atoms with Gasteiger partial charge in [-0.05, 0) is 36.9 Å². The summed E-state index contributed by atoms with van der Waals surface area (Å²) in [5.41, 5.74) is 1.85. The predicted molar refractivity (Wildman–Crippen MR) is 74.3 cm³/mol. The molecule has 0 amide bonds. The molecule has 1 heterocycles. The van der Waals surface area contributed by atoms with E-state index in [0.29, 0.717) is 6.42 Å². The minimum atomic E-state index is -0.211. The quantitative estimate of drug-likeness (QED) is 0.483. The first-order valence-electron chi connectivity index (χ1n) is 6.02. The van der Waals surface area contributed by atoms with Gasteiger partial charge in [0.2, 0.25) is 5.24 Å². The van der Waals surface area contributed by atoms with E-state index in [9.17, 15) is 4.79 Å². The summed E-state index contributed by atoms with van der Waals surface area (Å²) in [5.74, 6) is 0. The van der Waals surface area contributed by atoms with Crippen LogP contribution in [-0.2, 0) is 4.79 Å². The average molecular weight is 272 g/mol. The Labute approximate surface area is 112 Å². The molecule has 4 heteroatoms. The molecule has 0 aliphatic heterocycles. The predicted octanol–water partition coefficient (Wildman–Crippen LogP) is 4.65. The van der Waals surface area contributed by atoms with Crippen LogP contribution in [0.1, 0.15) is 49.8 Å². The number of hydrogen-bond donors (Lipinski definition) is 0. The molecule has 2 nitrogen and oxygen atoms in total. The summed E-state index contributed by atoms with van der Waals surface area (Å²) in [7, 11) is 0. The van der Waals surface area contributed by atoms with E-state index in [1.165, 1.54) is 24.1 Å². The summed E-state index contributed by atoms with van der Waals surface area (Å²) in [6.07, 6.45) is 13.5. The van der Waals surface area contributed by atoms with E-state index in [-0.39, 0.29) is 5.24 Å². The number of aromatic nitrogens is 1. The van der Waals surface area contributed by atoms with E-state index in [1.54, 1.807) is 11.3 Å². The Hall–Kier alpha value is -0.670. The Balaban J connectivity index is 1.89. The maximum Gasteiger partial charge on any atom is 0.221 e. The van der Waals surface area contributed by atoms with Crippen molar-refractivity contribution in [3.8, 4) is 0 Å². The fourth-order valence-electron chi connectivity index (χ4n) is 1.56. The van der Waals surface area contributed by atoms with Crippen LogP contribution in [0.25, 0.3) is 6.08 Å². The zero-order valence-electron chi connectivity index (χ0n) is 9.90. The van der Waals surface area contributed by atoms with Crippen molar-refractivity contribution in [1.82, 2.24) is 4.98 Å². The lowest BCUT2D eigenvalue weighted by molar-refractivity contribution is -0.111. The molecular weight excluding hydrogens is 254 g/mol. The number of thiazole rings is 1. The molecule has 0 aliphatic carbocycles. The highest BCUT2D eigenvalue weighted by Gasteiger charge is 1.95. The van der Waals surface area contributed by atoms with Crippen molar-refractivity contribution >= 4 is 34.3 Å². The summed E-state index contributed by atoms with van der Waals surface area (Å²) >= 11 is 6.91. The second-order valence-corrected chi connectivity index (χ2v) is 5.31. The van der Waals surface area contributed by atoms with E-state index in [4.69, 9.17) is 11.6 Å². The van der Waals surface area contributed by atoms with Gasteiger partial charge >= 0.3 is 0 Å². The van der Waals surface area contributed by atoms with Crippen LogP contribution in [0.5, 0.6) is 0 Å². The number of allylic oxidation sites excluding steroid dienone is 1. The van der Waals surface area contributed by atoms with E-state index in [2.05, 4.69) is 17.1 Å². The third kappa shape index (κ3) is 8.11. The average Bonchev–Trinajstić information content (AvgIpc) is 2.79. The summed E-state index contributed by atoms with van der Waals surface area (Å²) in [6.45, 7) is 0. The third-order valence-corrected chi connectivity index (χ3v) is 3.41. The molecule has 0 unspecified atom stereocenters. The van der Waals surface area contributed by atoms with Crippen molar-refractivity contribution in [2.75, 3.05) is 0 Å². The lowest BCUT2D eigenvalue weighted by Gasteiger charge is -1.97. The van der Waals surface area contributed by atoms with Gasteiger partial charge in [-0.1, -0.05) is 25.3 Å². The van der Waals surface area contributed by atoms with Gasteiger partial charge in [0.05, 0.1) is 5.51 Å². The van der Waals surface area contributed by atoms with Crippen LogP contribution in [0.3, 0.4) is 0 Å². The first-order valence-corrected chi connectivity index (χ1v) is 7.28. The standard InChI is InChI=1S/C13H18ClNOS/c14-13(16)9-7-5-3-1-2-4-6-8-12-10-15-11-17-12/h6,8,10-11H,1-5,7,9H2. The fourth-order valence-corrected chi connectivity index (χ4v) is 2.24. The van der Waals surface area contributed by atoms with E-state index in [1.807, 2.05) is 11.7 Å². The van der Waals surface area contributed by atoms with Gasteiger partial charge in [-0.15, -0.1) is 11.3 Å². The fraction of sp³-hybridized carbons (Fsp3) is 0.538. The van der Waals surface area contributed by atoms with Crippen LogP contribution in [-0.4, -0.2) is 10.2 Å². The molecule has 0 saturated carbocycles. The molecule has 0 fully saturated rings. The van der Waals surface area contributed by atoms with Crippen molar-refractivity contribution < 1.29 is 4.79 Å². The number of unbranched alkanes of at least 4 members (excludes halogenated alkanes) is 5. The van der Waals surface area contributed by atoms with E-state index in [0.717, 1.165) is 19.3 Å². The second kappa shape index (κ2) is 9.37. The zero-order valence-corrected chi connectivity index (χ0v) is 11.5. The third-order valence-electron chi connectivity index (χ3n) is 2.48. The van der Waals surface area contributed by atoms with Gasteiger partial charge in [0.15, 0.2) is 0 Å². The van der Waals surface area contributed by atoms with Crippen molar-refractivity contribution in [2.45, 2.75) is 44.9 Å². The number of halogens is 1. The minimum Gasteiger partial charge on any atom is -0.281 e. The molecule has 0 bridgehead atoms. The van der Waals surface area contributed by atoms with Crippen molar-refractivity contribution in [2.24, 2.45) is 0 Å². The van der Waals surface area contributed by atoms with E-state index < -0.39 is 0 Å². The highest BCUT2D eigenvalue weighted by atomic mass is 35.5. The van der Waals surface area contributed by atoms with Gasteiger partial charge in [-0.3, -0.25) is 9.78 Å². The molecule has 0 N–H and O–H groups in total. The minimum absolute atomic E-state index is 0.211. The maximum absolute atomic E-state index is 10.5. The molecule has 1 aromatic rings. The van der Waals surface area contributed by atoms with E-state index >= 15 is 0 Å². The summed E-state index contributed by atoms with van der Waals surface area (Å²) in [4.78, 5) is 15.7. The number of carbonyl (C=O) groups excluding carboxylic acids is 1. The number of rotatable bonds is 9. The number of hydrogen-bond acceptors (Lipinski definition) is 3. The van der Waals surface area contributed by atoms with Crippen molar-refractivity contribution in [3.63, 3.8) is 0 Å². The summed E-state index contributed by atoms with van der Waals surface area (Å²) in [6, 6.07) is 0. The van der Waals surface area contributed by atoms with Crippen LogP contribution in [0.15, 0.2) is 17.8 Å². The molecule has 17 heavy (non-hydrogen) atoms. The molecule has 1 rings (SSSR count). The summed E-state index contributed by atoms with van der Waals surface area (Å²) in [5, 5.41) is -0.211. The van der Waals surface area contributed by atoms with Crippen molar-refractivity contribution in [3.05, 3.63) is 22.7 Å². The maximum atomic E-state index is 10.5. The molecular formula is C13H18ClNOS. The van der Waals surface area contributed by atoms with Gasteiger partial charge in [-0.25, -0.2) is 0 Å².